The number of hydrogen-bond donors (Lipinski definition) is 1. The normalized spacial score (nSPS) is 24.2. The molecule has 2 heteroatoms. The number of rotatable bonds is 1. The van der Waals surface area contributed by atoms with E-state index < -0.39 is 0 Å². The summed E-state index contributed by atoms with van der Waals surface area (Å²) in [5.74, 6) is 0.264. The van der Waals surface area contributed by atoms with Gasteiger partial charge in [-0.1, -0.05) is 0 Å². The van der Waals surface area contributed by atoms with Gasteiger partial charge in [0.15, 0.2) is 11.3 Å². The standard InChI is InChI=1S/C7H13NO/c1-6(9)7(8)4-2-3-5-7/h2-5,8H2,1H3/p+1. The lowest BCUT2D eigenvalue weighted by molar-refractivity contribution is -0.454. The maximum Gasteiger partial charge on any atom is 0.189 e. The van der Waals surface area contributed by atoms with Crippen LogP contribution >= 0.6 is 0 Å². The Bertz CT molecular complexity index is 125. The summed E-state index contributed by atoms with van der Waals surface area (Å²) in [6, 6.07) is 0. The molecule has 0 unspecified atom stereocenters. The van der Waals surface area contributed by atoms with Crippen LogP contribution in [0.3, 0.4) is 0 Å². The molecule has 0 saturated heterocycles. The van der Waals surface area contributed by atoms with Crippen molar-refractivity contribution in [2.45, 2.75) is 38.1 Å². The van der Waals surface area contributed by atoms with Crippen molar-refractivity contribution >= 4 is 5.78 Å². The highest BCUT2D eigenvalue weighted by molar-refractivity contribution is 5.84. The summed E-state index contributed by atoms with van der Waals surface area (Å²) < 4.78 is 0. The van der Waals surface area contributed by atoms with E-state index >= 15 is 0 Å². The minimum atomic E-state index is -0.194. The van der Waals surface area contributed by atoms with Gasteiger partial charge < -0.3 is 5.73 Å². The fraction of sp³-hybridized carbons (Fsp3) is 0.857. The molecule has 2 nitrogen and oxygen atoms in total. The first-order chi connectivity index (χ1) is 4.15. The van der Waals surface area contributed by atoms with E-state index in [0.29, 0.717) is 0 Å². The first-order valence-corrected chi connectivity index (χ1v) is 3.51. The quantitative estimate of drug-likeness (QED) is 0.536. The SMILES string of the molecule is CC(=O)C1([NH3+])CCCC1. The summed E-state index contributed by atoms with van der Waals surface area (Å²) in [6.07, 6.45) is 4.37. The van der Waals surface area contributed by atoms with Crippen LogP contribution in [-0.4, -0.2) is 11.3 Å². The van der Waals surface area contributed by atoms with Gasteiger partial charge in [0, 0.05) is 19.8 Å². The Morgan fingerprint density at radius 2 is 1.89 bits per heavy atom. The predicted octanol–water partition coefficient (Wildman–Crippen LogP) is 0.130. The van der Waals surface area contributed by atoms with Gasteiger partial charge in [-0.2, -0.15) is 0 Å². The molecule has 0 heterocycles. The lowest BCUT2D eigenvalue weighted by Gasteiger charge is -2.13. The van der Waals surface area contributed by atoms with Crippen molar-refractivity contribution in [2.24, 2.45) is 0 Å². The first-order valence-electron chi connectivity index (χ1n) is 3.51. The van der Waals surface area contributed by atoms with Crippen LogP contribution in [0.25, 0.3) is 0 Å². The fourth-order valence-corrected chi connectivity index (χ4v) is 1.40. The Morgan fingerprint density at radius 3 is 2.11 bits per heavy atom. The molecule has 0 spiro atoms. The zero-order valence-corrected chi connectivity index (χ0v) is 5.94. The highest BCUT2D eigenvalue weighted by Crippen LogP contribution is 2.25. The fourth-order valence-electron chi connectivity index (χ4n) is 1.40. The second-order valence-corrected chi connectivity index (χ2v) is 3.04. The molecule has 3 N–H and O–H groups in total. The van der Waals surface area contributed by atoms with Crippen molar-refractivity contribution in [2.75, 3.05) is 0 Å². The van der Waals surface area contributed by atoms with Gasteiger partial charge in [-0.05, 0) is 12.8 Å². The van der Waals surface area contributed by atoms with E-state index in [1.807, 2.05) is 0 Å². The van der Waals surface area contributed by atoms with Gasteiger partial charge in [0.2, 0.25) is 0 Å². The molecule has 0 amide bonds. The van der Waals surface area contributed by atoms with Crippen LogP contribution in [0, 0.1) is 0 Å². The van der Waals surface area contributed by atoms with Gasteiger partial charge in [-0.3, -0.25) is 4.79 Å². The molecule has 1 saturated carbocycles. The Balaban J connectivity index is 2.61. The van der Waals surface area contributed by atoms with Crippen LogP contribution < -0.4 is 5.73 Å². The zero-order valence-electron chi connectivity index (χ0n) is 5.94. The molecule has 9 heavy (non-hydrogen) atoms. The smallest absolute Gasteiger partial charge is 0.189 e. The van der Waals surface area contributed by atoms with Crippen LogP contribution in [0.1, 0.15) is 32.6 Å². The zero-order chi connectivity index (χ0) is 6.91. The lowest BCUT2D eigenvalue weighted by atomic mass is 9.95. The van der Waals surface area contributed by atoms with Crippen molar-refractivity contribution in [3.63, 3.8) is 0 Å². The summed E-state index contributed by atoms with van der Waals surface area (Å²) >= 11 is 0. The number of Topliss-reactive ketones (excluding diaryl/α,β-unsaturated/α-hetero) is 1. The molecule has 0 bridgehead atoms. The highest BCUT2D eigenvalue weighted by Gasteiger charge is 2.37. The minimum absolute atomic E-state index is 0.194. The number of ketones is 1. The van der Waals surface area contributed by atoms with E-state index in [2.05, 4.69) is 5.73 Å². The maximum absolute atomic E-state index is 10.9. The third kappa shape index (κ3) is 1.13. The Labute approximate surface area is 55.4 Å². The molecule has 0 aromatic carbocycles. The van der Waals surface area contributed by atoms with E-state index in [9.17, 15) is 4.79 Å². The average Bonchev–Trinajstić information content (AvgIpc) is 2.16. The molecular formula is C7H14NO+. The molecule has 1 aliphatic rings. The van der Waals surface area contributed by atoms with Crippen LogP contribution in [0.15, 0.2) is 0 Å². The monoisotopic (exact) mass is 128 g/mol. The molecule has 0 radical (unpaired) electrons. The molecular weight excluding hydrogens is 114 g/mol. The van der Waals surface area contributed by atoms with E-state index in [-0.39, 0.29) is 11.3 Å². The van der Waals surface area contributed by atoms with Crippen LogP contribution in [0.5, 0.6) is 0 Å². The largest absolute Gasteiger partial charge is 0.347 e. The molecule has 0 aromatic rings. The number of hydrogen-bond acceptors (Lipinski definition) is 1. The van der Waals surface area contributed by atoms with Gasteiger partial charge in [0.1, 0.15) is 0 Å². The highest BCUT2D eigenvalue weighted by atomic mass is 16.1. The number of carbonyl (C=O) groups excluding carboxylic acids is 1. The molecule has 0 aromatic heterocycles. The van der Waals surface area contributed by atoms with E-state index in [1.54, 1.807) is 6.92 Å². The lowest BCUT2D eigenvalue weighted by Crippen LogP contribution is -2.74. The third-order valence-electron chi connectivity index (χ3n) is 2.31. The van der Waals surface area contributed by atoms with Crippen LogP contribution in [-0.2, 0) is 4.79 Å². The Kier molecular flexibility index (Phi) is 1.58. The van der Waals surface area contributed by atoms with Crippen molar-refractivity contribution in [3.8, 4) is 0 Å². The van der Waals surface area contributed by atoms with E-state index in [0.717, 1.165) is 12.8 Å². The van der Waals surface area contributed by atoms with Crippen molar-refractivity contribution < 1.29 is 10.5 Å². The molecule has 52 valence electrons. The van der Waals surface area contributed by atoms with Crippen molar-refractivity contribution in [1.29, 1.82) is 0 Å². The molecule has 1 aliphatic carbocycles. The summed E-state index contributed by atoms with van der Waals surface area (Å²) in [4.78, 5) is 10.9. The number of carbonyl (C=O) groups is 1. The van der Waals surface area contributed by atoms with Crippen LogP contribution in [0.2, 0.25) is 0 Å². The minimum Gasteiger partial charge on any atom is -0.347 e. The van der Waals surface area contributed by atoms with Gasteiger partial charge in [0.05, 0.1) is 0 Å². The van der Waals surface area contributed by atoms with Crippen LogP contribution in [0.4, 0.5) is 0 Å². The summed E-state index contributed by atoms with van der Waals surface area (Å²) in [7, 11) is 0. The van der Waals surface area contributed by atoms with Crippen molar-refractivity contribution in [3.05, 3.63) is 0 Å². The summed E-state index contributed by atoms with van der Waals surface area (Å²) in [6.45, 7) is 1.65. The van der Waals surface area contributed by atoms with E-state index in [4.69, 9.17) is 0 Å². The summed E-state index contributed by atoms with van der Waals surface area (Å²) in [5, 5.41) is 0. The maximum atomic E-state index is 10.9. The molecule has 1 rings (SSSR count). The molecule has 0 aliphatic heterocycles. The second-order valence-electron chi connectivity index (χ2n) is 3.04. The van der Waals surface area contributed by atoms with Gasteiger partial charge in [-0.25, -0.2) is 0 Å². The number of quaternary nitrogens is 1. The average molecular weight is 128 g/mol. The van der Waals surface area contributed by atoms with Crippen molar-refractivity contribution in [1.82, 2.24) is 0 Å². The van der Waals surface area contributed by atoms with Gasteiger partial charge in [0.25, 0.3) is 0 Å². The topological polar surface area (TPSA) is 44.7 Å². The Morgan fingerprint density at radius 1 is 1.44 bits per heavy atom. The molecule has 1 fully saturated rings. The summed E-state index contributed by atoms with van der Waals surface area (Å²) in [5.41, 5.74) is 3.72. The van der Waals surface area contributed by atoms with Gasteiger partial charge in [-0.15, -0.1) is 0 Å². The first kappa shape index (κ1) is 6.75. The third-order valence-corrected chi connectivity index (χ3v) is 2.31. The molecule has 0 atom stereocenters. The van der Waals surface area contributed by atoms with E-state index in [1.165, 1.54) is 12.8 Å². The predicted molar refractivity (Wildman–Crippen MR) is 34.8 cm³/mol. The Hall–Kier alpha value is -0.370. The second kappa shape index (κ2) is 2.10. The van der Waals surface area contributed by atoms with Gasteiger partial charge >= 0.3 is 0 Å².